The fraction of sp³-hybridized carbons (Fsp3) is 0.704. The van der Waals surface area contributed by atoms with Crippen molar-refractivity contribution in [3.63, 3.8) is 0 Å². The van der Waals surface area contributed by atoms with Crippen molar-refractivity contribution in [1.82, 2.24) is 0 Å². The van der Waals surface area contributed by atoms with Gasteiger partial charge in [-0.15, -0.1) is 0 Å². The molecule has 0 spiro atoms. The van der Waals surface area contributed by atoms with E-state index in [1.165, 1.54) is 51.4 Å². The molecule has 4 aliphatic carbocycles. The van der Waals surface area contributed by atoms with Crippen LogP contribution in [0.1, 0.15) is 83.6 Å². The Balaban J connectivity index is 1.43. The number of fused-ring (bicyclic) bond motifs is 5. The molecule has 0 aromatic heterocycles. The van der Waals surface area contributed by atoms with Crippen LogP contribution in [0.4, 0.5) is 0 Å². The molecule has 1 aromatic rings. The smallest absolute Gasteiger partial charge is 0.131 e. The Bertz CT molecular complexity index is 787. The Morgan fingerprint density at radius 1 is 0.857 bits per heavy atom. The first-order valence-corrected chi connectivity index (χ1v) is 11.8. The molecule has 0 amide bonds. The second kappa shape index (κ2) is 6.63. The van der Waals surface area contributed by atoms with Crippen LogP contribution in [-0.4, -0.2) is 10.7 Å². The van der Waals surface area contributed by atoms with E-state index < -0.39 is 5.60 Å². The first kappa shape index (κ1) is 18.7. The highest BCUT2D eigenvalue weighted by Gasteiger charge is 2.64. The first-order chi connectivity index (χ1) is 13.5. The maximum atomic E-state index is 11.7. The molecular weight excluding hydrogens is 340 g/mol. The molecule has 4 aliphatic rings. The quantitative estimate of drug-likeness (QED) is 0.534. The Kier molecular flexibility index (Phi) is 4.44. The second-order valence-electron chi connectivity index (χ2n) is 10.9. The molecule has 0 heterocycles. The van der Waals surface area contributed by atoms with E-state index >= 15 is 0 Å². The molecule has 0 radical (unpaired) electrons. The second-order valence-corrected chi connectivity index (χ2v) is 10.9. The summed E-state index contributed by atoms with van der Waals surface area (Å²) < 4.78 is 0. The van der Waals surface area contributed by atoms with Crippen molar-refractivity contribution in [2.24, 2.45) is 34.5 Å². The minimum atomic E-state index is -0.817. The summed E-state index contributed by atoms with van der Waals surface area (Å²) in [4.78, 5) is 0. The average molecular weight is 377 g/mol. The lowest BCUT2D eigenvalue weighted by Gasteiger charge is -2.60. The van der Waals surface area contributed by atoms with Gasteiger partial charge in [0, 0.05) is 11.0 Å². The molecule has 1 heteroatoms. The van der Waals surface area contributed by atoms with Crippen molar-refractivity contribution in [3.05, 3.63) is 35.9 Å². The maximum absolute atomic E-state index is 11.7. The Hall–Kier alpha value is -1.26. The van der Waals surface area contributed by atoms with Crippen LogP contribution >= 0.6 is 0 Å². The third-order valence-corrected chi connectivity index (χ3v) is 9.92. The highest BCUT2D eigenvalue weighted by molar-refractivity contribution is 5.38. The van der Waals surface area contributed by atoms with E-state index in [0.29, 0.717) is 11.3 Å². The van der Waals surface area contributed by atoms with E-state index in [4.69, 9.17) is 0 Å². The van der Waals surface area contributed by atoms with E-state index in [-0.39, 0.29) is 5.41 Å². The number of hydrogen-bond acceptors (Lipinski definition) is 1. The summed E-state index contributed by atoms with van der Waals surface area (Å²) in [6.45, 7) is 5.00. The summed E-state index contributed by atoms with van der Waals surface area (Å²) in [6, 6.07) is 10.2. The molecule has 7 atom stereocenters. The van der Waals surface area contributed by atoms with Gasteiger partial charge in [0.1, 0.15) is 5.60 Å². The predicted octanol–water partition coefficient (Wildman–Crippen LogP) is 6.20. The zero-order valence-corrected chi connectivity index (χ0v) is 17.7. The summed E-state index contributed by atoms with van der Waals surface area (Å²) in [5, 5.41) is 11.7. The minimum absolute atomic E-state index is 0.0339. The van der Waals surface area contributed by atoms with Gasteiger partial charge in [-0.3, -0.25) is 0 Å². The number of rotatable bonds is 0. The van der Waals surface area contributed by atoms with Crippen molar-refractivity contribution in [2.75, 3.05) is 0 Å². The number of hydrogen-bond donors (Lipinski definition) is 1. The summed E-state index contributed by atoms with van der Waals surface area (Å²) in [5.74, 6) is 10.0. The zero-order chi connectivity index (χ0) is 19.4. The lowest BCUT2D eigenvalue weighted by Crippen LogP contribution is -2.55. The molecule has 1 aromatic carbocycles. The Morgan fingerprint density at radius 2 is 1.64 bits per heavy atom. The van der Waals surface area contributed by atoms with Gasteiger partial charge in [0.05, 0.1) is 0 Å². The molecule has 0 aliphatic heterocycles. The third kappa shape index (κ3) is 2.64. The van der Waals surface area contributed by atoms with E-state index in [9.17, 15) is 5.11 Å². The fourth-order valence-corrected chi connectivity index (χ4v) is 8.21. The van der Waals surface area contributed by atoms with Crippen LogP contribution in [-0.2, 0) is 0 Å². The highest BCUT2D eigenvalue weighted by atomic mass is 16.3. The van der Waals surface area contributed by atoms with Crippen LogP contribution < -0.4 is 0 Å². The molecule has 150 valence electrons. The van der Waals surface area contributed by atoms with Crippen molar-refractivity contribution in [1.29, 1.82) is 0 Å². The van der Waals surface area contributed by atoms with Gasteiger partial charge in [0.15, 0.2) is 0 Å². The molecule has 4 saturated carbocycles. The van der Waals surface area contributed by atoms with E-state index in [1.807, 2.05) is 30.3 Å². The standard InChI is InChI=1S/C27H36O/c1-25-16-7-6-10-21(25)11-12-22-23(25)14-17-26(2)24(22)15-19-27(26,28)18-13-20-8-4-3-5-9-20/h3-5,8-9,21-24,28H,6-7,10-12,14-17,19H2,1-2H3/t21-,22-,23+,24+,25-,26+,27-/m0/s1. The van der Waals surface area contributed by atoms with E-state index in [1.54, 1.807) is 0 Å². The highest BCUT2D eigenvalue weighted by Crippen LogP contribution is 2.68. The van der Waals surface area contributed by atoms with Crippen LogP contribution in [0, 0.1) is 46.3 Å². The largest absolute Gasteiger partial charge is 0.377 e. The van der Waals surface area contributed by atoms with E-state index in [0.717, 1.165) is 36.2 Å². The molecule has 1 N–H and O–H groups in total. The zero-order valence-electron chi connectivity index (χ0n) is 17.7. The molecule has 5 rings (SSSR count). The molecule has 1 nitrogen and oxygen atoms in total. The summed E-state index contributed by atoms with van der Waals surface area (Å²) in [7, 11) is 0. The molecule has 0 saturated heterocycles. The molecule has 0 unspecified atom stereocenters. The lowest BCUT2D eigenvalue weighted by molar-refractivity contribution is -0.134. The van der Waals surface area contributed by atoms with Crippen molar-refractivity contribution < 1.29 is 5.11 Å². The van der Waals surface area contributed by atoms with Gasteiger partial charge < -0.3 is 5.11 Å². The van der Waals surface area contributed by atoms with Crippen LogP contribution in [0.2, 0.25) is 0 Å². The summed E-state index contributed by atoms with van der Waals surface area (Å²) in [6.07, 6.45) is 13.1. The van der Waals surface area contributed by atoms with Gasteiger partial charge in [-0.1, -0.05) is 56.7 Å². The van der Waals surface area contributed by atoms with Crippen molar-refractivity contribution in [2.45, 2.75) is 83.7 Å². The topological polar surface area (TPSA) is 20.2 Å². The Morgan fingerprint density at radius 3 is 2.46 bits per heavy atom. The van der Waals surface area contributed by atoms with Crippen molar-refractivity contribution >= 4 is 0 Å². The van der Waals surface area contributed by atoms with Gasteiger partial charge in [0.2, 0.25) is 0 Å². The Labute approximate surface area is 171 Å². The normalized spacial score (nSPS) is 47.2. The van der Waals surface area contributed by atoms with Gasteiger partial charge >= 0.3 is 0 Å². The summed E-state index contributed by atoms with van der Waals surface area (Å²) in [5.41, 5.74) is 0.738. The van der Waals surface area contributed by atoms with Crippen LogP contribution in [0.5, 0.6) is 0 Å². The van der Waals surface area contributed by atoms with Crippen molar-refractivity contribution in [3.8, 4) is 11.8 Å². The number of aliphatic hydroxyl groups is 1. The minimum Gasteiger partial charge on any atom is -0.377 e. The van der Waals surface area contributed by atoms with Gasteiger partial charge in [-0.05, 0) is 92.6 Å². The maximum Gasteiger partial charge on any atom is 0.131 e. The fourth-order valence-electron chi connectivity index (χ4n) is 8.21. The number of benzene rings is 1. The average Bonchev–Trinajstić information content (AvgIpc) is 2.98. The predicted molar refractivity (Wildman–Crippen MR) is 115 cm³/mol. The monoisotopic (exact) mass is 376 g/mol. The van der Waals surface area contributed by atoms with Crippen LogP contribution in [0.25, 0.3) is 0 Å². The van der Waals surface area contributed by atoms with Crippen LogP contribution in [0.15, 0.2) is 30.3 Å². The van der Waals surface area contributed by atoms with E-state index in [2.05, 4.69) is 25.7 Å². The molecule has 28 heavy (non-hydrogen) atoms. The van der Waals surface area contributed by atoms with Gasteiger partial charge in [-0.2, -0.15) is 0 Å². The van der Waals surface area contributed by atoms with Crippen LogP contribution in [0.3, 0.4) is 0 Å². The molecule has 0 bridgehead atoms. The first-order valence-electron chi connectivity index (χ1n) is 11.8. The van der Waals surface area contributed by atoms with Gasteiger partial charge in [0.25, 0.3) is 0 Å². The van der Waals surface area contributed by atoms with Gasteiger partial charge in [-0.25, -0.2) is 0 Å². The summed E-state index contributed by atoms with van der Waals surface area (Å²) >= 11 is 0. The molecular formula is C27H36O. The third-order valence-electron chi connectivity index (χ3n) is 9.92. The SMILES string of the molecule is C[C@]12CCCC[C@H]1CC[C@H]1[C@H]2CC[C@]2(C)[C@@H]1CC[C@@]2(O)C#Cc1ccccc1. The lowest BCUT2D eigenvalue weighted by atomic mass is 9.44. The molecule has 4 fully saturated rings.